The van der Waals surface area contributed by atoms with Crippen LogP contribution < -0.4 is 4.90 Å². The van der Waals surface area contributed by atoms with E-state index in [2.05, 4.69) is 523 Å². The Hall–Kier alpha value is -16.5. The Labute approximate surface area is 797 Å². The Kier molecular flexibility index (Phi) is 25.5. The summed E-state index contributed by atoms with van der Waals surface area (Å²) in [6.45, 7) is 2.21. The van der Waals surface area contributed by atoms with E-state index < -0.39 is 0 Å². The molecule has 0 aliphatic heterocycles. The summed E-state index contributed by atoms with van der Waals surface area (Å²) in [5.74, 6) is 0. The Bertz CT molecular complexity index is 7370. The summed E-state index contributed by atoms with van der Waals surface area (Å²) in [4.78, 5) is 12.1. The number of aromatic nitrogens is 4. The second-order valence-electron chi connectivity index (χ2n) is 33.7. The molecular weight excluding hydrogens is 1800 g/mol. The van der Waals surface area contributed by atoms with Crippen molar-refractivity contribution in [2.24, 2.45) is 0 Å². The number of hydrogen-bond acceptors (Lipinski definition) is 3. The van der Waals surface area contributed by atoms with Crippen molar-refractivity contribution in [1.82, 2.24) is 19.1 Å². The summed E-state index contributed by atoms with van der Waals surface area (Å²) in [6, 6.07) is 186. The Morgan fingerprint density at radius 1 is 0.231 bits per heavy atom. The fourth-order valence-corrected chi connectivity index (χ4v) is 18.4. The van der Waals surface area contributed by atoms with Crippen molar-refractivity contribution in [1.29, 1.82) is 0 Å². The molecule has 0 bridgehead atoms. The standard InChI is InChI=1S/C59H39N3.C54H39N.C15H16N.Ir/c1-2-16-40(17-3-1)47-38-54(45-22-12-18-41(34-45)43-20-14-24-48(36-43)61-56-30-8-4-26-50(56)51-27-5-9-31-57(51)61)60-55(39-47)46-23-13-19-42(35-46)44-21-15-25-49(37-44)62-58-32-10-6-28-52(58)53-29-7-11-33-59(53)62;1-4-13-40(14-5-1)46-19-10-22-49(37-46)43-25-31-52(32-26-43)55(53-33-27-44(28-34-53)50-23-11-20-47(38-50)41-15-6-2-7-16-41)54-35-29-45(30-36-54)51-24-12-21-48(39-51)42-17-8-3-9-18-42;1-2-3-6-13-8-10-14(11-9-13)15-7-4-5-12-16-15;/h1-39H;1-39H;4-5,7-10,12H,2-3,6H2,1H3;/q;;-1;. The molecule has 19 aromatic carbocycles. The topological polar surface area (TPSA) is 38.9 Å². The SMILES string of the molecule is CCCCc1c[c-]c(-c2ccccn2)cc1.[Ir].c1ccc(-c2cc(-c3cccc(-c4cccc(-n5c6ccccc6c6ccccc65)c4)c3)nc(-c3cccc(-c4cccc(-n5c6ccccc6c6ccccc65)c4)c3)c2)cc1.c1ccc(-c2cccc(-c3ccc(N(c4ccc(-c5cccc(-c6ccccc6)c5)cc4)c4ccc(-c5cccc(-c6ccccc6)c5)cc4)cc3)c2)cc1. The predicted molar refractivity (Wildman–Crippen MR) is 561 cm³/mol. The number of fused-ring (bicyclic) bond motifs is 6. The van der Waals surface area contributed by atoms with Crippen LogP contribution in [0.3, 0.4) is 0 Å². The van der Waals surface area contributed by atoms with Gasteiger partial charge in [-0.15, -0.1) is 35.4 Å². The van der Waals surface area contributed by atoms with Crippen LogP contribution in [-0.2, 0) is 26.5 Å². The molecule has 0 saturated heterocycles. The number of aryl methyl sites for hydroxylation is 1. The average molecular weight is 1890 g/mol. The molecule has 1 radical (unpaired) electrons. The molecule has 6 heteroatoms. The smallest absolute Gasteiger partial charge is 0.0715 e. The van der Waals surface area contributed by atoms with Gasteiger partial charge in [0, 0.05) is 87.4 Å². The maximum absolute atomic E-state index is 5.41. The number of para-hydroxylation sites is 4. The first kappa shape index (κ1) is 85.6. The van der Waals surface area contributed by atoms with Gasteiger partial charge < -0.3 is 19.0 Å². The van der Waals surface area contributed by atoms with Gasteiger partial charge in [0.25, 0.3) is 0 Å². The number of hydrogen-bond donors (Lipinski definition) is 0. The summed E-state index contributed by atoms with van der Waals surface area (Å²) < 4.78 is 4.76. The minimum atomic E-state index is 0. The maximum atomic E-state index is 5.41. The quantitative estimate of drug-likeness (QED) is 0.0714. The summed E-state index contributed by atoms with van der Waals surface area (Å²) in [5.41, 5.74) is 39.1. The van der Waals surface area contributed by atoms with Gasteiger partial charge in [0.05, 0.1) is 33.5 Å². The van der Waals surface area contributed by atoms with Gasteiger partial charge in [-0.3, -0.25) is 0 Å². The average Bonchev–Trinajstić information content (AvgIpc) is 1.60. The van der Waals surface area contributed by atoms with Crippen LogP contribution in [0.2, 0.25) is 0 Å². The van der Waals surface area contributed by atoms with E-state index in [1.54, 1.807) is 0 Å². The minimum Gasteiger partial charge on any atom is -0.311 e. The van der Waals surface area contributed by atoms with Crippen LogP contribution in [-0.4, -0.2) is 19.1 Å². The third-order valence-corrected chi connectivity index (χ3v) is 25.2. The molecule has 0 aliphatic carbocycles. The van der Waals surface area contributed by atoms with Gasteiger partial charge in [-0.2, -0.15) is 0 Å². The molecule has 0 unspecified atom stereocenters. The largest absolute Gasteiger partial charge is 0.311 e. The molecule has 641 valence electrons. The third-order valence-electron chi connectivity index (χ3n) is 25.2. The van der Waals surface area contributed by atoms with Gasteiger partial charge in [0.2, 0.25) is 0 Å². The number of pyridine rings is 2. The molecule has 0 fully saturated rings. The number of unbranched alkanes of at least 4 members (excludes halogenated alkanes) is 1. The summed E-state index contributed by atoms with van der Waals surface area (Å²) in [6.07, 6.45) is 5.45. The monoisotopic (exact) mass is 1890 g/mol. The first-order valence-electron chi connectivity index (χ1n) is 45.8. The number of rotatable bonds is 20. The van der Waals surface area contributed by atoms with Gasteiger partial charge in [0.1, 0.15) is 0 Å². The van der Waals surface area contributed by atoms with Crippen molar-refractivity contribution < 1.29 is 20.1 Å². The van der Waals surface area contributed by atoms with E-state index in [0.717, 1.165) is 102 Å². The van der Waals surface area contributed by atoms with Gasteiger partial charge in [0.15, 0.2) is 0 Å². The van der Waals surface area contributed by atoms with Gasteiger partial charge in [-0.05, 0) is 239 Å². The minimum absolute atomic E-state index is 0. The Balaban J connectivity index is 0.000000142. The fraction of sp³-hybridized carbons (Fsp3) is 0.0312. The van der Waals surface area contributed by atoms with E-state index in [9.17, 15) is 0 Å². The third kappa shape index (κ3) is 18.6. The Morgan fingerprint density at radius 3 is 0.843 bits per heavy atom. The molecule has 4 heterocycles. The van der Waals surface area contributed by atoms with Crippen LogP contribution in [0.5, 0.6) is 0 Å². The van der Waals surface area contributed by atoms with E-state index in [-0.39, 0.29) is 20.1 Å². The van der Waals surface area contributed by atoms with Gasteiger partial charge in [-0.25, -0.2) is 4.98 Å². The van der Waals surface area contributed by atoms with Gasteiger partial charge >= 0.3 is 0 Å². The number of anilines is 3. The predicted octanol–water partition coefficient (Wildman–Crippen LogP) is 34.7. The molecule has 23 aromatic rings. The second-order valence-corrected chi connectivity index (χ2v) is 33.7. The van der Waals surface area contributed by atoms with Crippen LogP contribution in [0.1, 0.15) is 25.3 Å². The van der Waals surface area contributed by atoms with Crippen LogP contribution in [0.25, 0.3) is 189 Å². The van der Waals surface area contributed by atoms with E-state index in [1.165, 1.54) is 129 Å². The van der Waals surface area contributed by atoms with Crippen LogP contribution in [0, 0.1) is 6.07 Å². The molecular formula is C128H94IrN5-. The zero-order valence-corrected chi connectivity index (χ0v) is 76.7. The van der Waals surface area contributed by atoms with Gasteiger partial charge in [-0.1, -0.05) is 384 Å². The summed E-state index contributed by atoms with van der Waals surface area (Å²) in [7, 11) is 0. The van der Waals surface area contributed by atoms with Crippen LogP contribution in [0.4, 0.5) is 17.1 Å². The first-order valence-corrected chi connectivity index (χ1v) is 45.8. The van der Waals surface area contributed by atoms with Crippen molar-refractivity contribution in [2.75, 3.05) is 4.90 Å². The summed E-state index contributed by atoms with van der Waals surface area (Å²) >= 11 is 0. The zero-order valence-electron chi connectivity index (χ0n) is 74.3. The number of benzene rings is 19. The first-order chi connectivity index (χ1) is 65.9. The molecule has 134 heavy (non-hydrogen) atoms. The van der Waals surface area contributed by atoms with Crippen molar-refractivity contribution in [3.8, 4) is 145 Å². The fourth-order valence-electron chi connectivity index (χ4n) is 18.4. The normalized spacial score (nSPS) is 11.1. The van der Waals surface area contributed by atoms with E-state index in [4.69, 9.17) is 4.98 Å². The van der Waals surface area contributed by atoms with Crippen molar-refractivity contribution in [3.05, 3.63) is 527 Å². The van der Waals surface area contributed by atoms with Crippen molar-refractivity contribution >= 4 is 60.7 Å². The molecule has 0 N–H and O–H groups in total. The molecule has 0 saturated carbocycles. The maximum Gasteiger partial charge on any atom is 0.0715 e. The molecule has 0 amide bonds. The molecule has 5 nitrogen and oxygen atoms in total. The molecule has 23 rings (SSSR count). The summed E-state index contributed by atoms with van der Waals surface area (Å²) in [5, 5.41) is 5.03. The molecule has 0 aliphatic rings. The van der Waals surface area contributed by atoms with E-state index in [1.807, 2.05) is 24.4 Å². The molecule has 0 atom stereocenters. The van der Waals surface area contributed by atoms with Crippen molar-refractivity contribution in [3.63, 3.8) is 0 Å². The number of nitrogens with zero attached hydrogens (tertiary/aromatic N) is 5. The van der Waals surface area contributed by atoms with E-state index >= 15 is 0 Å². The van der Waals surface area contributed by atoms with Crippen LogP contribution >= 0.6 is 0 Å². The van der Waals surface area contributed by atoms with Crippen LogP contribution in [0.15, 0.2) is 516 Å². The van der Waals surface area contributed by atoms with E-state index in [0.29, 0.717) is 0 Å². The second kappa shape index (κ2) is 39.9. The molecule has 4 aromatic heterocycles. The Morgan fingerprint density at radius 2 is 0.515 bits per heavy atom. The molecule has 0 spiro atoms. The van der Waals surface area contributed by atoms with Crippen molar-refractivity contribution in [2.45, 2.75) is 26.2 Å². The zero-order chi connectivity index (χ0) is 89.0.